The minimum atomic E-state index is -0.206. The van der Waals surface area contributed by atoms with Crippen LogP contribution in [0.1, 0.15) is 6.42 Å². The van der Waals surface area contributed by atoms with E-state index < -0.39 is 0 Å². The molecule has 0 aliphatic carbocycles. The highest BCUT2D eigenvalue weighted by molar-refractivity contribution is 5.73. The highest BCUT2D eigenvalue weighted by Crippen LogP contribution is 2.15. The summed E-state index contributed by atoms with van der Waals surface area (Å²) in [4.78, 5) is 16.2. The molecule has 0 aromatic heterocycles. The van der Waals surface area contributed by atoms with Crippen LogP contribution in [-0.2, 0) is 0 Å². The highest BCUT2D eigenvalue weighted by Gasteiger charge is 2.16. The van der Waals surface area contributed by atoms with E-state index in [1.807, 2.05) is 6.07 Å². The fourth-order valence-corrected chi connectivity index (χ4v) is 2.61. The van der Waals surface area contributed by atoms with Crippen LogP contribution < -0.4 is 15.5 Å². The number of amides is 2. The van der Waals surface area contributed by atoms with E-state index in [-0.39, 0.29) is 12.6 Å². The summed E-state index contributed by atoms with van der Waals surface area (Å²) in [7, 11) is 0. The molecule has 0 spiro atoms. The van der Waals surface area contributed by atoms with Crippen LogP contribution in [0.3, 0.4) is 0 Å². The molecule has 0 unspecified atom stereocenters. The van der Waals surface area contributed by atoms with Crippen molar-refractivity contribution in [3.63, 3.8) is 0 Å². The zero-order valence-corrected chi connectivity index (χ0v) is 13.0. The molecule has 0 radical (unpaired) electrons. The van der Waals surface area contributed by atoms with Crippen LogP contribution in [0.5, 0.6) is 0 Å². The van der Waals surface area contributed by atoms with Crippen molar-refractivity contribution in [2.45, 2.75) is 6.42 Å². The Hall–Kier alpha value is -1.79. The molecule has 0 saturated carbocycles. The van der Waals surface area contributed by atoms with E-state index in [2.05, 4.69) is 44.7 Å². The van der Waals surface area contributed by atoms with Crippen molar-refractivity contribution in [2.75, 3.05) is 57.3 Å². The second-order valence-electron chi connectivity index (χ2n) is 5.42. The summed E-state index contributed by atoms with van der Waals surface area (Å²) < 4.78 is 0. The van der Waals surface area contributed by atoms with Crippen LogP contribution in [0.25, 0.3) is 0 Å². The molecule has 6 heteroatoms. The molecule has 3 N–H and O–H groups in total. The number of carbonyl (C=O) groups excluding carboxylic acids is 1. The van der Waals surface area contributed by atoms with Crippen LogP contribution in [0, 0.1) is 0 Å². The lowest BCUT2D eigenvalue weighted by Gasteiger charge is -2.36. The standard InChI is InChI=1S/C16H26N4O2/c21-14-8-18-16(22)17-7-4-9-19-10-12-20(13-11-19)15-5-2-1-3-6-15/h1-3,5-6,21H,4,7-14H2,(H2,17,18,22). The molecule has 1 aromatic carbocycles. The quantitative estimate of drug-likeness (QED) is 0.642. The van der Waals surface area contributed by atoms with Gasteiger partial charge in [0.25, 0.3) is 0 Å². The number of rotatable bonds is 7. The molecule has 0 bridgehead atoms. The zero-order chi connectivity index (χ0) is 15.6. The number of anilines is 1. The monoisotopic (exact) mass is 306 g/mol. The summed E-state index contributed by atoms with van der Waals surface area (Å²) in [6, 6.07) is 10.3. The van der Waals surface area contributed by atoms with Gasteiger partial charge in [0, 0.05) is 45.0 Å². The largest absolute Gasteiger partial charge is 0.395 e. The number of nitrogens with zero attached hydrogens (tertiary/aromatic N) is 2. The first-order valence-electron chi connectivity index (χ1n) is 7.94. The molecular formula is C16H26N4O2. The first-order chi connectivity index (χ1) is 10.8. The third-order valence-electron chi connectivity index (χ3n) is 3.83. The van der Waals surface area contributed by atoms with Crippen molar-refractivity contribution >= 4 is 11.7 Å². The van der Waals surface area contributed by atoms with Gasteiger partial charge in [-0.2, -0.15) is 0 Å². The number of hydrogen-bond donors (Lipinski definition) is 3. The summed E-state index contributed by atoms with van der Waals surface area (Å²) in [6.07, 6.45) is 0.942. The Morgan fingerprint density at radius 2 is 1.73 bits per heavy atom. The molecule has 22 heavy (non-hydrogen) atoms. The molecule has 2 rings (SSSR count). The summed E-state index contributed by atoms with van der Waals surface area (Å²) >= 11 is 0. The Morgan fingerprint density at radius 1 is 1.05 bits per heavy atom. The van der Waals surface area contributed by atoms with Crippen molar-refractivity contribution in [2.24, 2.45) is 0 Å². The number of benzene rings is 1. The number of carbonyl (C=O) groups is 1. The molecule has 1 saturated heterocycles. The Bertz CT molecular complexity index is 433. The fraction of sp³-hybridized carbons (Fsp3) is 0.562. The molecule has 1 aromatic rings. The Balaban J connectivity index is 1.57. The molecule has 0 atom stereocenters. The number of urea groups is 1. The van der Waals surface area contributed by atoms with Gasteiger partial charge in [-0.1, -0.05) is 18.2 Å². The highest BCUT2D eigenvalue weighted by atomic mass is 16.3. The van der Waals surface area contributed by atoms with Crippen LogP contribution in [0.4, 0.5) is 10.5 Å². The lowest BCUT2D eigenvalue weighted by Crippen LogP contribution is -2.47. The second-order valence-corrected chi connectivity index (χ2v) is 5.42. The van der Waals surface area contributed by atoms with Gasteiger partial charge in [-0.05, 0) is 25.1 Å². The van der Waals surface area contributed by atoms with E-state index in [0.717, 1.165) is 39.1 Å². The Labute approximate surface area is 132 Å². The second kappa shape index (κ2) is 9.27. The lowest BCUT2D eigenvalue weighted by atomic mass is 10.2. The van der Waals surface area contributed by atoms with Crippen molar-refractivity contribution in [1.29, 1.82) is 0 Å². The third kappa shape index (κ3) is 5.54. The summed E-state index contributed by atoms with van der Waals surface area (Å²) in [5, 5.41) is 14.0. The first-order valence-corrected chi connectivity index (χ1v) is 7.94. The van der Waals surface area contributed by atoms with E-state index in [1.54, 1.807) is 0 Å². The Kier molecular flexibility index (Phi) is 6.99. The van der Waals surface area contributed by atoms with Crippen molar-refractivity contribution in [3.05, 3.63) is 30.3 Å². The predicted octanol–water partition coefficient (Wildman–Crippen LogP) is 0.490. The SMILES string of the molecule is O=C(NCCO)NCCCN1CCN(c2ccccc2)CC1. The van der Waals surface area contributed by atoms with Crippen LogP contribution in [-0.4, -0.2) is 68.5 Å². The van der Waals surface area contributed by atoms with Gasteiger partial charge in [-0.15, -0.1) is 0 Å². The van der Waals surface area contributed by atoms with Crippen LogP contribution >= 0.6 is 0 Å². The third-order valence-corrected chi connectivity index (χ3v) is 3.83. The van der Waals surface area contributed by atoms with Crippen LogP contribution in [0.15, 0.2) is 30.3 Å². The molecule has 1 heterocycles. The number of hydrogen-bond acceptors (Lipinski definition) is 4. The van der Waals surface area contributed by atoms with Gasteiger partial charge in [0.2, 0.25) is 0 Å². The van der Waals surface area contributed by atoms with E-state index in [9.17, 15) is 4.79 Å². The van der Waals surface area contributed by atoms with E-state index in [0.29, 0.717) is 13.1 Å². The maximum atomic E-state index is 11.3. The van der Waals surface area contributed by atoms with Crippen LogP contribution in [0.2, 0.25) is 0 Å². The first kappa shape index (κ1) is 16.6. The van der Waals surface area contributed by atoms with Gasteiger partial charge in [-0.25, -0.2) is 4.79 Å². The minimum absolute atomic E-state index is 0.0287. The number of aliphatic hydroxyl groups is 1. The molecule has 1 fully saturated rings. The number of aliphatic hydroxyl groups excluding tert-OH is 1. The minimum Gasteiger partial charge on any atom is -0.395 e. The molecule has 122 valence electrons. The average Bonchev–Trinajstić information content (AvgIpc) is 2.58. The molecule has 1 aliphatic rings. The van der Waals surface area contributed by atoms with Crippen molar-refractivity contribution in [3.8, 4) is 0 Å². The van der Waals surface area contributed by atoms with Gasteiger partial charge >= 0.3 is 6.03 Å². The summed E-state index contributed by atoms with van der Waals surface area (Å²) in [6.45, 7) is 6.16. The molecular weight excluding hydrogens is 280 g/mol. The number of para-hydroxylation sites is 1. The van der Waals surface area contributed by atoms with E-state index >= 15 is 0 Å². The number of piperazine rings is 1. The maximum Gasteiger partial charge on any atom is 0.314 e. The van der Waals surface area contributed by atoms with Gasteiger partial charge in [0.05, 0.1) is 6.61 Å². The summed E-state index contributed by atoms with van der Waals surface area (Å²) in [5.41, 5.74) is 1.30. The van der Waals surface area contributed by atoms with Crippen molar-refractivity contribution < 1.29 is 9.90 Å². The predicted molar refractivity (Wildman–Crippen MR) is 88.2 cm³/mol. The lowest BCUT2D eigenvalue weighted by molar-refractivity contribution is 0.230. The molecule has 6 nitrogen and oxygen atoms in total. The maximum absolute atomic E-state index is 11.3. The van der Waals surface area contributed by atoms with Gasteiger partial charge in [0.1, 0.15) is 0 Å². The molecule has 2 amide bonds. The number of nitrogens with one attached hydrogen (secondary N) is 2. The van der Waals surface area contributed by atoms with E-state index in [4.69, 9.17) is 5.11 Å². The van der Waals surface area contributed by atoms with Gasteiger partial charge < -0.3 is 20.6 Å². The topological polar surface area (TPSA) is 67.8 Å². The van der Waals surface area contributed by atoms with Crippen molar-refractivity contribution in [1.82, 2.24) is 15.5 Å². The zero-order valence-electron chi connectivity index (χ0n) is 13.0. The normalized spacial score (nSPS) is 15.6. The Morgan fingerprint density at radius 3 is 2.41 bits per heavy atom. The van der Waals surface area contributed by atoms with Gasteiger partial charge in [-0.3, -0.25) is 4.90 Å². The fourth-order valence-electron chi connectivity index (χ4n) is 2.61. The van der Waals surface area contributed by atoms with Gasteiger partial charge in [0.15, 0.2) is 0 Å². The molecule has 1 aliphatic heterocycles. The van der Waals surface area contributed by atoms with E-state index in [1.165, 1.54) is 5.69 Å². The average molecular weight is 306 g/mol. The summed E-state index contributed by atoms with van der Waals surface area (Å²) in [5.74, 6) is 0. The smallest absolute Gasteiger partial charge is 0.314 e.